The molecule has 1 fully saturated rings. The van der Waals surface area contributed by atoms with Crippen LogP contribution in [0.2, 0.25) is 12.6 Å². The van der Waals surface area contributed by atoms with E-state index in [0.717, 1.165) is 32.3 Å². The van der Waals surface area contributed by atoms with Crippen molar-refractivity contribution >= 4 is 8.56 Å². The van der Waals surface area contributed by atoms with E-state index in [4.69, 9.17) is 18.3 Å². The van der Waals surface area contributed by atoms with Gasteiger partial charge in [-0.3, -0.25) is 0 Å². The van der Waals surface area contributed by atoms with Gasteiger partial charge in [-0.05, 0) is 39.8 Å². The first kappa shape index (κ1) is 14.1. The summed E-state index contributed by atoms with van der Waals surface area (Å²) in [7, 11) is -1.94. The van der Waals surface area contributed by atoms with Crippen LogP contribution in [0.1, 0.15) is 27.2 Å². The van der Waals surface area contributed by atoms with Crippen LogP contribution >= 0.6 is 0 Å². The summed E-state index contributed by atoms with van der Waals surface area (Å²) < 4.78 is 22.2. The second kappa shape index (κ2) is 6.71. The molecular weight excluding hydrogens is 224 g/mol. The highest BCUT2D eigenvalue weighted by Gasteiger charge is 2.35. The second-order valence-corrected chi connectivity index (χ2v) is 7.53. The van der Waals surface area contributed by atoms with Gasteiger partial charge in [-0.15, -0.1) is 0 Å². The molecule has 2 unspecified atom stereocenters. The fraction of sp³-hybridized carbons (Fsp3) is 1.00. The van der Waals surface area contributed by atoms with E-state index in [0.29, 0.717) is 0 Å². The van der Waals surface area contributed by atoms with Crippen LogP contribution in [-0.4, -0.2) is 40.8 Å². The standard InChI is InChI=1S/C11H24O4Si/c1-5-13-16(4,14-6-2)9-7-8-12-11-10(3)15-11/h10-11H,5-9H2,1-4H3. The monoisotopic (exact) mass is 248 g/mol. The van der Waals surface area contributed by atoms with Crippen molar-refractivity contribution in [2.75, 3.05) is 19.8 Å². The Kier molecular flexibility index (Phi) is 5.92. The normalized spacial score (nSPS) is 24.8. The van der Waals surface area contributed by atoms with Crippen molar-refractivity contribution in [2.24, 2.45) is 0 Å². The molecule has 0 bridgehead atoms. The Hall–Kier alpha value is 0.0569. The summed E-state index contributed by atoms with van der Waals surface area (Å²) in [6.45, 7) is 10.4. The number of epoxide rings is 1. The third-order valence-electron chi connectivity index (χ3n) is 2.61. The molecule has 1 aliphatic heterocycles. The summed E-state index contributed by atoms with van der Waals surface area (Å²) in [6, 6.07) is 0.982. The molecular formula is C11H24O4Si. The molecule has 0 spiro atoms. The van der Waals surface area contributed by atoms with E-state index >= 15 is 0 Å². The molecule has 1 aliphatic rings. The molecule has 2 atom stereocenters. The van der Waals surface area contributed by atoms with Gasteiger partial charge in [0.15, 0.2) is 6.29 Å². The average Bonchev–Trinajstić information content (AvgIpc) is 2.90. The zero-order valence-corrected chi connectivity index (χ0v) is 11.8. The average molecular weight is 248 g/mol. The molecule has 0 amide bonds. The lowest BCUT2D eigenvalue weighted by Gasteiger charge is -2.25. The predicted octanol–water partition coefficient (Wildman–Crippen LogP) is 2.28. The molecule has 1 saturated heterocycles. The van der Waals surface area contributed by atoms with Gasteiger partial charge in [0, 0.05) is 19.8 Å². The molecule has 1 rings (SSSR count). The second-order valence-electron chi connectivity index (χ2n) is 4.18. The third-order valence-corrected chi connectivity index (χ3v) is 5.67. The number of rotatable bonds is 9. The van der Waals surface area contributed by atoms with Gasteiger partial charge in [0.05, 0.1) is 0 Å². The van der Waals surface area contributed by atoms with Crippen molar-refractivity contribution in [1.29, 1.82) is 0 Å². The molecule has 96 valence electrons. The van der Waals surface area contributed by atoms with Crippen molar-refractivity contribution < 1.29 is 18.3 Å². The maximum atomic E-state index is 5.74. The van der Waals surface area contributed by atoms with Crippen LogP contribution in [0, 0.1) is 0 Å². The van der Waals surface area contributed by atoms with E-state index < -0.39 is 8.56 Å². The maximum absolute atomic E-state index is 5.74. The summed E-state index contributed by atoms with van der Waals surface area (Å²) in [5.74, 6) is 0. The molecule has 4 nitrogen and oxygen atoms in total. The minimum absolute atomic E-state index is 0.0344. The maximum Gasteiger partial charge on any atom is 0.334 e. The van der Waals surface area contributed by atoms with E-state index in [1.165, 1.54) is 0 Å². The highest BCUT2D eigenvalue weighted by molar-refractivity contribution is 6.66. The first-order valence-electron chi connectivity index (χ1n) is 6.16. The van der Waals surface area contributed by atoms with Gasteiger partial charge >= 0.3 is 8.56 Å². The SMILES string of the molecule is CCO[Si](C)(CCCOC1OC1C)OCC. The fourth-order valence-electron chi connectivity index (χ4n) is 1.73. The van der Waals surface area contributed by atoms with Gasteiger partial charge in [0.1, 0.15) is 6.10 Å². The molecule has 0 aliphatic carbocycles. The largest absolute Gasteiger partial charge is 0.395 e. The molecule has 0 aromatic carbocycles. The van der Waals surface area contributed by atoms with E-state index in [1.54, 1.807) is 0 Å². The molecule has 0 saturated carbocycles. The van der Waals surface area contributed by atoms with Crippen LogP contribution in [0.3, 0.4) is 0 Å². The number of hydrogen-bond acceptors (Lipinski definition) is 4. The number of ether oxygens (including phenoxy) is 2. The first-order valence-corrected chi connectivity index (χ1v) is 8.68. The van der Waals surface area contributed by atoms with E-state index in [1.807, 2.05) is 20.8 Å². The Morgan fingerprint density at radius 1 is 1.19 bits per heavy atom. The van der Waals surface area contributed by atoms with Crippen LogP contribution in [0.15, 0.2) is 0 Å². The van der Waals surface area contributed by atoms with Crippen LogP contribution < -0.4 is 0 Å². The van der Waals surface area contributed by atoms with Crippen molar-refractivity contribution in [3.05, 3.63) is 0 Å². The topological polar surface area (TPSA) is 40.2 Å². The van der Waals surface area contributed by atoms with Gasteiger partial charge in [-0.1, -0.05) is 0 Å². The summed E-state index contributed by atoms with van der Waals surface area (Å²) >= 11 is 0. The Balaban J connectivity index is 2.11. The summed E-state index contributed by atoms with van der Waals surface area (Å²) in [5, 5.41) is 0. The molecule has 5 heteroatoms. The molecule has 1 heterocycles. The van der Waals surface area contributed by atoms with Crippen molar-refractivity contribution in [1.82, 2.24) is 0 Å². The predicted molar refractivity (Wildman–Crippen MR) is 64.6 cm³/mol. The van der Waals surface area contributed by atoms with E-state index in [2.05, 4.69) is 6.55 Å². The van der Waals surface area contributed by atoms with Crippen molar-refractivity contribution in [2.45, 2.75) is 52.2 Å². The molecule has 0 aromatic heterocycles. The molecule has 0 radical (unpaired) electrons. The van der Waals surface area contributed by atoms with Crippen LogP contribution in [0.25, 0.3) is 0 Å². The lowest BCUT2D eigenvalue weighted by Crippen LogP contribution is -2.38. The van der Waals surface area contributed by atoms with Crippen molar-refractivity contribution in [3.8, 4) is 0 Å². The van der Waals surface area contributed by atoms with Crippen LogP contribution in [0.4, 0.5) is 0 Å². The first-order chi connectivity index (χ1) is 7.61. The van der Waals surface area contributed by atoms with Crippen LogP contribution in [0.5, 0.6) is 0 Å². The smallest absolute Gasteiger partial charge is 0.334 e. The Morgan fingerprint density at radius 2 is 1.75 bits per heavy atom. The number of hydrogen-bond donors (Lipinski definition) is 0. The molecule has 0 N–H and O–H groups in total. The third kappa shape index (κ3) is 4.93. The summed E-state index contributed by atoms with van der Waals surface area (Å²) in [6.07, 6.45) is 1.30. The quantitative estimate of drug-likeness (QED) is 0.356. The molecule has 16 heavy (non-hydrogen) atoms. The van der Waals surface area contributed by atoms with E-state index in [9.17, 15) is 0 Å². The molecule has 0 aromatic rings. The van der Waals surface area contributed by atoms with E-state index in [-0.39, 0.29) is 12.4 Å². The highest BCUT2D eigenvalue weighted by atomic mass is 28.4. The lowest BCUT2D eigenvalue weighted by atomic mass is 10.5. The summed E-state index contributed by atoms with van der Waals surface area (Å²) in [4.78, 5) is 0. The van der Waals surface area contributed by atoms with Crippen molar-refractivity contribution in [3.63, 3.8) is 0 Å². The van der Waals surface area contributed by atoms with Gasteiger partial charge in [-0.25, -0.2) is 0 Å². The lowest BCUT2D eigenvalue weighted by molar-refractivity contribution is 0.0491. The Labute approximate surface area is 99.5 Å². The van der Waals surface area contributed by atoms with Gasteiger partial charge < -0.3 is 18.3 Å². The minimum atomic E-state index is -1.94. The minimum Gasteiger partial charge on any atom is -0.395 e. The Bertz CT molecular complexity index is 194. The zero-order chi connectivity index (χ0) is 12.0. The van der Waals surface area contributed by atoms with Gasteiger partial charge in [-0.2, -0.15) is 0 Å². The highest BCUT2D eigenvalue weighted by Crippen LogP contribution is 2.23. The fourth-order valence-corrected chi connectivity index (χ4v) is 4.11. The van der Waals surface area contributed by atoms with Gasteiger partial charge in [0.25, 0.3) is 0 Å². The Morgan fingerprint density at radius 3 is 2.19 bits per heavy atom. The van der Waals surface area contributed by atoms with Gasteiger partial charge in [0.2, 0.25) is 0 Å². The van der Waals surface area contributed by atoms with Crippen LogP contribution in [-0.2, 0) is 18.3 Å². The summed E-state index contributed by atoms with van der Waals surface area (Å²) in [5.41, 5.74) is 0. The zero-order valence-electron chi connectivity index (χ0n) is 10.8.